The first kappa shape index (κ1) is 14.6. The van der Waals surface area contributed by atoms with Crippen molar-refractivity contribution < 1.29 is 4.79 Å². The van der Waals surface area contributed by atoms with Crippen LogP contribution < -0.4 is 5.32 Å². The molecule has 2 saturated heterocycles. The second-order valence-corrected chi connectivity index (χ2v) is 6.35. The van der Waals surface area contributed by atoms with Gasteiger partial charge in [-0.15, -0.1) is 0 Å². The van der Waals surface area contributed by atoms with Crippen molar-refractivity contribution in [3.8, 4) is 0 Å². The Labute approximate surface area is 130 Å². The number of carbonyl (C=O) groups excluding carboxylic acids is 1. The van der Waals surface area contributed by atoms with Crippen LogP contribution in [0, 0.1) is 0 Å². The summed E-state index contributed by atoms with van der Waals surface area (Å²) in [5, 5.41) is 3.56. The highest BCUT2D eigenvalue weighted by Crippen LogP contribution is 2.28. The minimum atomic E-state index is 0.00713. The molecule has 3 rings (SSSR count). The summed E-state index contributed by atoms with van der Waals surface area (Å²) in [6.45, 7) is 2.11. The smallest absolute Gasteiger partial charge is 0.317 e. The van der Waals surface area contributed by atoms with Gasteiger partial charge >= 0.3 is 6.03 Å². The van der Waals surface area contributed by atoms with Crippen molar-refractivity contribution in [2.24, 2.45) is 0 Å². The number of rotatable bonds is 2. The molecular weight excluding hydrogens is 288 g/mol. The molecule has 2 atom stereocenters. The van der Waals surface area contributed by atoms with Gasteiger partial charge in [0.25, 0.3) is 0 Å². The van der Waals surface area contributed by atoms with Gasteiger partial charge in [-0.25, -0.2) is 4.79 Å². The number of amides is 2. The number of aromatic nitrogens is 1. The van der Waals surface area contributed by atoms with Gasteiger partial charge in [-0.05, 0) is 38.4 Å². The van der Waals surface area contributed by atoms with Crippen LogP contribution >= 0.6 is 11.6 Å². The highest BCUT2D eigenvalue weighted by molar-refractivity contribution is 6.30. The lowest BCUT2D eigenvalue weighted by atomic mass is 10.1. The fourth-order valence-corrected chi connectivity index (χ4v) is 3.39. The Hall–Kier alpha value is -1.33. The van der Waals surface area contributed by atoms with Gasteiger partial charge in [-0.2, -0.15) is 0 Å². The molecule has 0 saturated carbocycles. The molecule has 6 heteroatoms. The number of nitrogens with one attached hydrogen (secondary N) is 1. The van der Waals surface area contributed by atoms with Gasteiger partial charge in [0.1, 0.15) is 0 Å². The first-order valence-corrected chi connectivity index (χ1v) is 7.86. The summed E-state index contributed by atoms with van der Waals surface area (Å²) in [5.74, 6) is 0. The van der Waals surface area contributed by atoms with Gasteiger partial charge in [0.15, 0.2) is 0 Å². The zero-order valence-electron chi connectivity index (χ0n) is 12.3. The number of fused-ring (bicyclic) bond motifs is 2. The van der Waals surface area contributed by atoms with E-state index in [0.29, 0.717) is 23.7 Å². The Kier molecular flexibility index (Phi) is 4.31. The van der Waals surface area contributed by atoms with Crippen molar-refractivity contribution in [3.63, 3.8) is 0 Å². The predicted octanol–water partition coefficient (Wildman–Crippen LogP) is 2.11. The molecular formula is C15H21ClN4O. The molecule has 2 unspecified atom stereocenters. The third-order valence-electron chi connectivity index (χ3n) is 4.65. The molecule has 1 aromatic heterocycles. The average molecular weight is 309 g/mol. The fraction of sp³-hybridized carbons (Fsp3) is 0.600. The standard InChI is InChI=1S/C15H21ClN4O/c1-19-13-4-5-14(19)10-20(7-6-13)15(21)18-9-12-3-2-11(16)8-17-12/h2-3,8,13-14H,4-7,9-10H2,1H3,(H,18,21). The third kappa shape index (κ3) is 3.30. The maximum absolute atomic E-state index is 12.3. The minimum Gasteiger partial charge on any atom is -0.332 e. The normalized spacial score (nSPS) is 25.7. The molecule has 2 amide bonds. The maximum Gasteiger partial charge on any atom is 0.317 e. The lowest BCUT2D eigenvalue weighted by Gasteiger charge is -2.26. The van der Waals surface area contributed by atoms with Gasteiger partial charge < -0.3 is 10.2 Å². The second kappa shape index (κ2) is 6.20. The number of likely N-dealkylation sites (tertiary alicyclic amines) is 1. The fourth-order valence-electron chi connectivity index (χ4n) is 3.28. The highest BCUT2D eigenvalue weighted by Gasteiger charge is 2.35. The van der Waals surface area contributed by atoms with Crippen LogP contribution in [0.2, 0.25) is 5.02 Å². The lowest BCUT2D eigenvalue weighted by molar-refractivity contribution is 0.187. The molecule has 0 spiro atoms. The summed E-state index contributed by atoms with van der Waals surface area (Å²) in [6.07, 6.45) is 5.14. The quantitative estimate of drug-likeness (QED) is 0.910. The summed E-state index contributed by atoms with van der Waals surface area (Å²) >= 11 is 5.80. The Morgan fingerprint density at radius 3 is 2.95 bits per heavy atom. The zero-order valence-corrected chi connectivity index (χ0v) is 13.0. The molecule has 1 aromatic rings. The van der Waals surface area contributed by atoms with E-state index in [2.05, 4.69) is 22.2 Å². The van der Waals surface area contributed by atoms with Crippen LogP contribution in [0.3, 0.4) is 0 Å². The van der Waals surface area contributed by atoms with Crippen LogP contribution in [0.5, 0.6) is 0 Å². The lowest BCUT2D eigenvalue weighted by Crippen LogP contribution is -2.44. The zero-order chi connectivity index (χ0) is 14.8. The van der Waals surface area contributed by atoms with E-state index in [4.69, 9.17) is 11.6 Å². The average Bonchev–Trinajstić information content (AvgIpc) is 2.71. The van der Waals surface area contributed by atoms with E-state index in [9.17, 15) is 4.79 Å². The topological polar surface area (TPSA) is 48.5 Å². The number of likely N-dealkylation sites (N-methyl/N-ethyl adjacent to an activating group) is 1. The molecule has 114 valence electrons. The van der Waals surface area contributed by atoms with E-state index < -0.39 is 0 Å². The van der Waals surface area contributed by atoms with Crippen molar-refractivity contribution in [1.29, 1.82) is 0 Å². The van der Waals surface area contributed by atoms with Gasteiger partial charge in [-0.3, -0.25) is 9.88 Å². The van der Waals surface area contributed by atoms with Crippen LogP contribution in [-0.4, -0.2) is 53.0 Å². The van der Waals surface area contributed by atoms with Gasteiger partial charge in [0, 0.05) is 31.4 Å². The molecule has 2 bridgehead atoms. The van der Waals surface area contributed by atoms with E-state index in [-0.39, 0.29) is 6.03 Å². The Bertz CT molecular complexity index is 507. The number of nitrogens with zero attached hydrogens (tertiary/aromatic N) is 3. The number of urea groups is 1. The van der Waals surface area contributed by atoms with Crippen LogP contribution in [0.1, 0.15) is 25.0 Å². The molecule has 2 aliphatic heterocycles. The number of hydrogen-bond donors (Lipinski definition) is 1. The highest BCUT2D eigenvalue weighted by atomic mass is 35.5. The molecule has 21 heavy (non-hydrogen) atoms. The van der Waals surface area contributed by atoms with Gasteiger partial charge in [0.05, 0.1) is 17.3 Å². The van der Waals surface area contributed by atoms with Crippen molar-refractivity contribution in [2.75, 3.05) is 20.1 Å². The van der Waals surface area contributed by atoms with Crippen molar-refractivity contribution in [2.45, 2.75) is 37.9 Å². The largest absolute Gasteiger partial charge is 0.332 e. The Morgan fingerprint density at radius 1 is 1.38 bits per heavy atom. The molecule has 0 aliphatic carbocycles. The second-order valence-electron chi connectivity index (χ2n) is 5.91. The van der Waals surface area contributed by atoms with E-state index in [0.717, 1.165) is 25.2 Å². The monoisotopic (exact) mass is 308 g/mol. The molecule has 0 aromatic carbocycles. The Balaban J connectivity index is 1.54. The molecule has 5 nitrogen and oxygen atoms in total. The first-order valence-electron chi connectivity index (χ1n) is 7.48. The summed E-state index contributed by atoms with van der Waals surface area (Å²) < 4.78 is 0. The Morgan fingerprint density at radius 2 is 2.19 bits per heavy atom. The minimum absolute atomic E-state index is 0.00713. The van der Waals surface area contributed by atoms with Crippen LogP contribution in [0.15, 0.2) is 18.3 Å². The summed E-state index contributed by atoms with van der Waals surface area (Å²) in [7, 11) is 2.18. The third-order valence-corrected chi connectivity index (χ3v) is 4.87. The van der Waals surface area contributed by atoms with Crippen LogP contribution in [0.4, 0.5) is 4.79 Å². The molecule has 2 fully saturated rings. The number of halogens is 1. The van der Waals surface area contributed by atoms with E-state index in [1.165, 1.54) is 12.8 Å². The van der Waals surface area contributed by atoms with Crippen LogP contribution in [-0.2, 0) is 6.54 Å². The van der Waals surface area contributed by atoms with Gasteiger partial charge in [-0.1, -0.05) is 11.6 Å². The molecule has 1 N–H and O–H groups in total. The van der Waals surface area contributed by atoms with Crippen molar-refractivity contribution in [3.05, 3.63) is 29.0 Å². The number of hydrogen-bond acceptors (Lipinski definition) is 3. The maximum atomic E-state index is 12.3. The van der Waals surface area contributed by atoms with Crippen molar-refractivity contribution >= 4 is 17.6 Å². The SMILES string of the molecule is CN1C2CCC1CN(C(=O)NCc1ccc(Cl)cn1)CC2. The summed E-state index contributed by atoms with van der Waals surface area (Å²) in [4.78, 5) is 20.9. The summed E-state index contributed by atoms with van der Waals surface area (Å²) in [5.41, 5.74) is 0.821. The van der Waals surface area contributed by atoms with Crippen LogP contribution in [0.25, 0.3) is 0 Å². The van der Waals surface area contributed by atoms with Gasteiger partial charge in [0.2, 0.25) is 0 Å². The van der Waals surface area contributed by atoms with Crippen molar-refractivity contribution in [1.82, 2.24) is 20.1 Å². The molecule has 0 radical (unpaired) electrons. The molecule has 2 aliphatic rings. The van der Waals surface area contributed by atoms with E-state index >= 15 is 0 Å². The predicted molar refractivity (Wildman–Crippen MR) is 82.2 cm³/mol. The number of carbonyl (C=O) groups is 1. The number of pyridine rings is 1. The van der Waals surface area contributed by atoms with E-state index in [1.807, 2.05) is 11.0 Å². The first-order chi connectivity index (χ1) is 10.1. The summed E-state index contributed by atoms with van der Waals surface area (Å²) in [6, 6.07) is 4.78. The molecule has 3 heterocycles. The van der Waals surface area contributed by atoms with E-state index in [1.54, 1.807) is 12.3 Å².